The van der Waals surface area contributed by atoms with E-state index in [1.54, 1.807) is 0 Å². The third-order valence-corrected chi connectivity index (χ3v) is 2.20. The van der Waals surface area contributed by atoms with Crippen LogP contribution in [0.5, 0.6) is 0 Å². The van der Waals surface area contributed by atoms with E-state index in [0.717, 1.165) is 11.4 Å². The Balaban J connectivity index is 2.96. The molecule has 0 aromatic heterocycles. The van der Waals surface area contributed by atoms with Crippen molar-refractivity contribution in [2.24, 2.45) is 0 Å². The van der Waals surface area contributed by atoms with E-state index < -0.39 is 0 Å². The van der Waals surface area contributed by atoms with Gasteiger partial charge >= 0.3 is 0 Å². The van der Waals surface area contributed by atoms with Crippen LogP contribution < -0.4 is 0 Å². The molecule has 0 saturated carbocycles. The highest BCUT2D eigenvalue weighted by Gasteiger charge is 1.96. The van der Waals surface area contributed by atoms with E-state index in [-0.39, 0.29) is 0 Å². The van der Waals surface area contributed by atoms with Crippen molar-refractivity contribution in [3.63, 3.8) is 0 Å². The van der Waals surface area contributed by atoms with Gasteiger partial charge in [-0.1, -0.05) is 36.7 Å². The van der Waals surface area contributed by atoms with E-state index >= 15 is 0 Å². The van der Waals surface area contributed by atoms with Crippen molar-refractivity contribution in [3.05, 3.63) is 40.9 Å². The summed E-state index contributed by atoms with van der Waals surface area (Å²) in [7, 11) is 0. The molecule has 0 aliphatic rings. The maximum absolute atomic E-state index is 5.78. The van der Waals surface area contributed by atoms with Gasteiger partial charge in [-0.25, -0.2) is 0 Å². The molecule has 0 amide bonds. The van der Waals surface area contributed by atoms with Gasteiger partial charge in [0.2, 0.25) is 0 Å². The van der Waals surface area contributed by atoms with Crippen LogP contribution in [0.3, 0.4) is 0 Å². The van der Waals surface area contributed by atoms with Gasteiger partial charge in [0.05, 0.1) is 0 Å². The van der Waals surface area contributed by atoms with E-state index in [0.29, 0.717) is 0 Å². The summed E-state index contributed by atoms with van der Waals surface area (Å²) in [6, 6.07) is 7.97. The minimum absolute atomic E-state index is 0.797. The summed E-state index contributed by atoms with van der Waals surface area (Å²) < 4.78 is 0. The van der Waals surface area contributed by atoms with Crippen molar-refractivity contribution in [3.8, 4) is 0 Å². The van der Waals surface area contributed by atoms with Crippen LogP contribution in [0.1, 0.15) is 25.8 Å². The van der Waals surface area contributed by atoms with Gasteiger partial charge in [-0.2, -0.15) is 0 Å². The highest BCUT2D eigenvalue weighted by molar-refractivity contribution is 6.30. The number of rotatable bonds is 2. The summed E-state index contributed by atoms with van der Waals surface area (Å²) in [5.41, 5.74) is 2.64. The maximum Gasteiger partial charge on any atom is 0.0406 e. The maximum atomic E-state index is 5.78. The van der Waals surface area contributed by atoms with Gasteiger partial charge in [-0.05, 0) is 36.6 Å². The van der Waals surface area contributed by atoms with Crippen molar-refractivity contribution in [2.45, 2.75) is 20.3 Å². The zero-order chi connectivity index (χ0) is 8.97. The van der Waals surface area contributed by atoms with E-state index in [9.17, 15) is 0 Å². The average molecular weight is 181 g/mol. The lowest BCUT2D eigenvalue weighted by molar-refractivity contribution is 1.23. The molecule has 1 rings (SSSR count). The van der Waals surface area contributed by atoms with Crippen molar-refractivity contribution >= 4 is 17.2 Å². The molecule has 12 heavy (non-hydrogen) atoms. The highest BCUT2D eigenvalue weighted by atomic mass is 35.5. The first-order valence-electron chi connectivity index (χ1n) is 4.19. The predicted molar refractivity (Wildman–Crippen MR) is 55.4 cm³/mol. The van der Waals surface area contributed by atoms with Crippen LogP contribution >= 0.6 is 11.6 Å². The largest absolute Gasteiger partial charge is 0.0843 e. The zero-order valence-corrected chi connectivity index (χ0v) is 8.23. The fourth-order valence-corrected chi connectivity index (χ4v) is 1.36. The smallest absolute Gasteiger partial charge is 0.0406 e. The number of hydrogen-bond acceptors (Lipinski definition) is 0. The Labute approximate surface area is 78.9 Å². The molecular weight excluding hydrogens is 168 g/mol. The lowest BCUT2D eigenvalue weighted by Gasteiger charge is -2.03. The summed E-state index contributed by atoms with van der Waals surface area (Å²) in [6.45, 7) is 4.22. The number of halogens is 1. The molecule has 0 saturated heterocycles. The Hall–Kier alpha value is -0.750. The number of hydrogen-bond donors (Lipinski definition) is 0. The molecule has 1 heteroatoms. The van der Waals surface area contributed by atoms with Gasteiger partial charge < -0.3 is 0 Å². The molecule has 0 spiro atoms. The monoisotopic (exact) mass is 180 g/mol. The molecule has 0 radical (unpaired) electrons. The predicted octanol–water partition coefficient (Wildman–Crippen LogP) is 4.15. The van der Waals surface area contributed by atoms with Gasteiger partial charge in [0.15, 0.2) is 0 Å². The van der Waals surface area contributed by atoms with Crippen LogP contribution in [-0.4, -0.2) is 0 Å². The zero-order valence-electron chi connectivity index (χ0n) is 7.47. The molecule has 0 aliphatic heterocycles. The summed E-state index contributed by atoms with van der Waals surface area (Å²) in [6.07, 6.45) is 3.21. The summed E-state index contributed by atoms with van der Waals surface area (Å²) in [5, 5.41) is 0.797. The molecular formula is C11H13Cl. The second-order valence-corrected chi connectivity index (χ2v) is 3.11. The quantitative estimate of drug-likeness (QED) is 0.642. The normalized spacial score (nSPS) is 11.8. The molecule has 0 aliphatic carbocycles. The first kappa shape index (κ1) is 9.34. The molecule has 0 unspecified atom stereocenters. The fraction of sp³-hybridized carbons (Fsp3) is 0.273. The molecule has 64 valence electrons. The molecule has 1 aromatic rings. The number of benzene rings is 1. The second-order valence-electron chi connectivity index (χ2n) is 2.67. The third-order valence-electron chi connectivity index (χ3n) is 1.94. The van der Waals surface area contributed by atoms with Crippen LogP contribution in [0.25, 0.3) is 5.57 Å². The molecule has 0 heterocycles. The van der Waals surface area contributed by atoms with Gasteiger partial charge in [-0.3, -0.25) is 0 Å². The molecule has 0 N–H and O–H groups in total. The average Bonchev–Trinajstić information content (AvgIpc) is 2.10. The lowest BCUT2D eigenvalue weighted by Crippen LogP contribution is -1.80. The molecule has 0 nitrogen and oxygen atoms in total. The van der Waals surface area contributed by atoms with Crippen LogP contribution in [0.15, 0.2) is 30.3 Å². The van der Waals surface area contributed by atoms with Crippen molar-refractivity contribution in [1.82, 2.24) is 0 Å². The van der Waals surface area contributed by atoms with Gasteiger partial charge in [0.25, 0.3) is 0 Å². The van der Waals surface area contributed by atoms with E-state index in [4.69, 9.17) is 11.6 Å². The van der Waals surface area contributed by atoms with Gasteiger partial charge in [-0.15, -0.1) is 0 Å². The first-order valence-corrected chi connectivity index (χ1v) is 4.56. The van der Waals surface area contributed by atoms with E-state index in [2.05, 4.69) is 32.1 Å². The van der Waals surface area contributed by atoms with Crippen molar-refractivity contribution in [1.29, 1.82) is 0 Å². The summed E-state index contributed by atoms with van der Waals surface area (Å²) in [5.74, 6) is 0. The van der Waals surface area contributed by atoms with Gasteiger partial charge in [0, 0.05) is 5.02 Å². The Morgan fingerprint density at radius 1 is 1.33 bits per heavy atom. The fourth-order valence-electron chi connectivity index (χ4n) is 1.24. The minimum Gasteiger partial charge on any atom is -0.0843 e. The number of allylic oxidation sites excluding steroid dienone is 2. The van der Waals surface area contributed by atoms with Crippen LogP contribution in [0.2, 0.25) is 5.02 Å². The van der Waals surface area contributed by atoms with Crippen LogP contribution in [0.4, 0.5) is 0 Å². The lowest BCUT2D eigenvalue weighted by atomic mass is 10.0. The van der Waals surface area contributed by atoms with Crippen molar-refractivity contribution < 1.29 is 0 Å². The second kappa shape index (κ2) is 4.32. The van der Waals surface area contributed by atoms with Gasteiger partial charge in [0.1, 0.15) is 0 Å². The summed E-state index contributed by atoms with van der Waals surface area (Å²) in [4.78, 5) is 0. The Morgan fingerprint density at radius 2 is 1.92 bits per heavy atom. The Bertz CT molecular complexity index is 270. The summed E-state index contributed by atoms with van der Waals surface area (Å²) >= 11 is 5.78. The highest BCUT2D eigenvalue weighted by Crippen LogP contribution is 2.19. The molecule has 0 fully saturated rings. The first-order chi connectivity index (χ1) is 5.77. The Kier molecular flexibility index (Phi) is 3.36. The Morgan fingerprint density at radius 3 is 2.33 bits per heavy atom. The van der Waals surface area contributed by atoms with E-state index in [1.807, 2.05) is 12.1 Å². The van der Waals surface area contributed by atoms with E-state index in [1.165, 1.54) is 11.1 Å². The topological polar surface area (TPSA) is 0 Å². The van der Waals surface area contributed by atoms with Crippen LogP contribution in [0, 0.1) is 0 Å². The molecule has 1 aromatic carbocycles. The molecule has 0 bridgehead atoms. The third kappa shape index (κ3) is 2.12. The molecule has 0 atom stereocenters. The van der Waals surface area contributed by atoms with Crippen LogP contribution in [-0.2, 0) is 0 Å². The van der Waals surface area contributed by atoms with Crippen molar-refractivity contribution in [2.75, 3.05) is 0 Å². The minimum atomic E-state index is 0.797. The standard InChI is InChI=1S/C11H13Cl/c1-3-9(4-2)10-5-7-11(12)8-6-10/h3,5-8H,4H2,1-2H3. The SMILES string of the molecule is CC=C(CC)c1ccc(Cl)cc1.